The molecule has 0 fully saturated rings. The lowest BCUT2D eigenvalue weighted by Gasteiger charge is -2.05. The summed E-state index contributed by atoms with van der Waals surface area (Å²) in [5.74, 6) is 0. The van der Waals surface area contributed by atoms with Crippen molar-refractivity contribution in [2.45, 2.75) is 41.5 Å². The maximum Gasteiger partial charge on any atom is 0.130 e. The highest BCUT2D eigenvalue weighted by Crippen LogP contribution is 2.36. The van der Waals surface area contributed by atoms with Crippen LogP contribution in [0, 0.1) is 41.5 Å². The van der Waals surface area contributed by atoms with E-state index in [1.54, 1.807) is 0 Å². The Morgan fingerprint density at radius 3 is 1.36 bits per heavy atom. The fraction of sp³-hybridized carbons (Fsp3) is 0.333. The minimum Gasteiger partial charge on any atom is -0.259 e. The number of aryl methyl sites for hydroxylation is 2. The average molecular weight is 367 g/mol. The van der Waals surface area contributed by atoms with Crippen molar-refractivity contribution in [2.75, 3.05) is 6.67 Å². The number of fused-ring (bicyclic) bond motifs is 1. The third kappa shape index (κ3) is 2.42. The van der Waals surface area contributed by atoms with Crippen LogP contribution < -0.4 is 10.7 Å². The SMILES string of the molecule is Cc1sc(-c2ccc(-c3sc(C)c(C)c3C)c3c2=NCN=3)c(C)c1C. The van der Waals surface area contributed by atoms with Gasteiger partial charge in [-0.05, 0) is 63.8 Å². The molecule has 0 bridgehead atoms. The largest absolute Gasteiger partial charge is 0.259 e. The molecule has 0 saturated heterocycles. The predicted octanol–water partition coefficient (Wildman–Crippen LogP) is 5.20. The van der Waals surface area contributed by atoms with Crippen molar-refractivity contribution in [3.05, 3.63) is 54.9 Å². The first-order chi connectivity index (χ1) is 11.9. The van der Waals surface area contributed by atoms with E-state index < -0.39 is 0 Å². The number of hydrogen-bond acceptors (Lipinski definition) is 4. The Kier molecular flexibility index (Phi) is 3.93. The van der Waals surface area contributed by atoms with Gasteiger partial charge in [0.05, 0.1) is 10.7 Å². The molecule has 1 aromatic carbocycles. The van der Waals surface area contributed by atoms with E-state index in [0.717, 1.165) is 10.7 Å². The summed E-state index contributed by atoms with van der Waals surface area (Å²) in [6.45, 7) is 13.8. The molecule has 0 amide bonds. The van der Waals surface area contributed by atoms with Gasteiger partial charge in [-0.25, -0.2) is 0 Å². The van der Waals surface area contributed by atoms with Gasteiger partial charge in [-0.1, -0.05) is 12.1 Å². The predicted molar refractivity (Wildman–Crippen MR) is 109 cm³/mol. The molecule has 2 aromatic heterocycles. The van der Waals surface area contributed by atoms with Crippen LogP contribution in [0.5, 0.6) is 0 Å². The van der Waals surface area contributed by atoms with E-state index in [1.807, 2.05) is 22.7 Å². The topological polar surface area (TPSA) is 24.7 Å². The minimum absolute atomic E-state index is 0.546. The summed E-state index contributed by atoms with van der Waals surface area (Å²) in [6, 6.07) is 4.50. The van der Waals surface area contributed by atoms with E-state index >= 15 is 0 Å². The van der Waals surface area contributed by atoms with E-state index in [-0.39, 0.29) is 0 Å². The van der Waals surface area contributed by atoms with E-state index in [2.05, 4.69) is 53.7 Å². The van der Waals surface area contributed by atoms with Crippen molar-refractivity contribution < 1.29 is 0 Å². The minimum atomic E-state index is 0.546. The highest BCUT2D eigenvalue weighted by atomic mass is 32.1. The van der Waals surface area contributed by atoms with Gasteiger partial charge >= 0.3 is 0 Å². The number of rotatable bonds is 2. The number of benzene rings is 1. The Labute approximate surface area is 156 Å². The summed E-state index contributed by atoms with van der Waals surface area (Å²) >= 11 is 3.74. The lowest BCUT2D eigenvalue weighted by Crippen LogP contribution is -2.26. The summed E-state index contributed by atoms with van der Waals surface area (Å²) in [4.78, 5) is 15.0. The van der Waals surface area contributed by atoms with Crippen molar-refractivity contribution in [2.24, 2.45) is 9.98 Å². The van der Waals surface area contributed by atoms with Crippen LogP contribution in [-0.2, 0) is 0 Å². The van der Waals surface area contributed by atoms with Gasteiger partial charge in [-0.3, -0.25) is 9.98 Å². The Morgan fingerprint density at radius 2 is 1.04 bits per heavy atom. The van der Waals surface area contributed by atoms with E-state index in [9.17, 15) is 0 Å². The molecule has 0 radical (unpaired) electrons. The zero-order valence-corrected chi connectivity index (χ0v) is 17.2. The highest BCUT2D eigenvalue weighted by Gasteiger charge is 2.19. The zero-order valence-electron chi connectivity index (χ0n) is 15.6. The summed E-state index contributed by atoms with van der Waals surface area (Å²) in [6.07, 6.45) is 0. The maximum atomic E-state index is 4.75. The van der Waals surface area contributed by atoms with Gasteiger partial charge in [-0.2, -0.15) is 0 Å². The number of thiophene rings is 2. The zero-order chi connectivity index (χ0) is 17.9. The Hall–Kier alpha value is -1.78. The standard InChI is InChI=1S/C21H22N2S2/c1-10-12(3)20(24-14(10)5)16-7-8-17(19-18(16)22-9-23-19)21-13(4)11(2)15(6)25-21/h7-8H,9H2,1-6H3. The van der Waals surface area contributed by atoms with Crippen LogP contribution in [0.1, 0.15) is 32.0 Å². The molecule has 3 aromatic rings. The van der Waals surface area contributed by atoms with E-state index in [4.69, 9.17) is 9.98 Å². The first-order valence-electron chi connectivity index (χ1n) is 8.56. The Morgan fingerprint density at radius 1 is 0.640 bits per heavy atom. The van der Waals surface area contributed by atoms with Gasteiger partial charge in [0.25, 0.3) is 0 Å². The van der Waals surface area contributed by atoms with Gasteiger partial charge in [0.15, 0.2) is 0 Å². The van der Waals surface area contributed by atoms with Crippen LogP contribution in [0.3, 0.4) is 0 Å². The molecule has 4 rings (SSSR count). The molecule has 3 heterocycles. The van der Waals surface area contributed by atoms with E-state index in [0.29, 0.717) is 6.67 Å². The Balaban J connectivity index is 1.99. The molecule has 0 unspecified atom stereocenters. The van der Waals surface area contributed by atoms with Crippen LogP contribution in [0.25, 0.3) is 20.9 Å². The fourth-order valence-corrected chi connectivity index (χ4v) is 5.82. The third-order valence-corrected chi connectivity index (χ3v) is 8.16. The van der Waals surface area contributed by atoms with Gasteiger partial charge in [-0.15, -0.1) is 22.7 Å². The summed E-state index contributed by atoms with van der Waals surface area (Å²) in [5.41, 5.74) is 8.01. The van der Waals surface area contributed by atoms with Gasteiger partial charge < -0.3 is 0 Å². The number of nitrogens with zero attached hydrogens (tertiary/aromatic N) is 2. The highest BCUT2D eigenvalue weighted by molar-refractivity contribution is 7.16. The molecule has 4 heteroatoms. The molecule has 128 valence electrons. The fourth-order valence-electron chi connectivity index (χ4n) is 3.44. The quantitative estimate of drug-likeness (QED) is 0.595. The van der Waals surface area contributed by atoms with Crippen LogP contribution in [0.2, 0.25) is 0 Å². The lowest BCUT2D eigenvalue weighted by atomic mass is 10.0. The monoisotopic (exact) mass is 366 g/mol. The van der Waals surface area contributed by atoms with Gasteiger partial charge in [0.2, 0.25) is 0 Å². The Bertz CT molecular complexity index is 1040. The molecule has 0 atom stereocenters. The molecule has 0 N–H and O–H groups in total. The van der Waals surface area contributed by atoms with Crippen molar-refractivity contribution in [3.63, 3.8) is 0 Å². The van der Waals surface area contributed by atoms with Crippen molar-refractivity contribution in [1.82, 2.24) is 0 Å². The van der Waals surface area contributed by atoms with Crippen molar-refractivity contribution in [1.29, 1.82) is 0 Å². The third-order valence-electron chi connectivity index (χ3n) is 5.47. The second kappa shape index (κ2) is 5.89. The first kappa shape index (κ1) is 16.7. The lowest BCUT2D eigenvalue weighted by molar-refractivity contribution is 1.06. The summed E-state index contributed by atoms with van der Waals surface area (Å²) < 4.78 is 0. The maximum absolute atomic E-state index is 4.75. The van der Waals surface area contributed by atoms with Crippen LogP contribution in [-0.4, -0.2) is 6.67 Å². The summed E-state index contributed by atoms with van der Waals surface area (Å²) in [5, 5.41) is 2.15. The summed E-state index contributed by atoms with van der Waals surface area (Å²) in [7, 11) is 0. The van der Waals surface area contributed by atoms with Crippen LogP contribution in [0.15, 0.2) is 22.1 Å². The smallest absolute Gasteiger partial charge is 0.130 e. The van der Waals surface area contributed by atoms with Crippen LogP contribution >= 0.6 is 22.7 Å². The van der Waals surface area contributed by atoms with Crippen LogP contribution in [0.4, 0.5) is 0 Å². The molecular weight excluding hydrogens is 344 g/mol. The molecular formula is C21H22N2S2. The van der Waals surface area contributed by atoms with Crippen molar-refractivity contribution in [3.8, 4) is 20.9 Å². The number of hydrogen-bond donors (Lipinski definition) is 0. The van der Waals surface area contributed by atoms with Gasteiger partial charge in [0.1, 0.15) is 6.67 Å². The van der Waals surface area contributed by atoms with Crippen molar-refractivity contribution >= 4 is 22.7 Å². The second-order valence-electron chi connectivity index (χ2n) is 6.79. The molecule has 0 spiro atoms. The average Bonchev–Trinajstić information content (AvgIpc) is 3.25. The molecule has 1 aliphatic rings. The van der Waals surface area contributed by atoms with E-state index in [1.165, 1.54) is 52.9 Å². The molecule has 25 heavy (non-hydrogen) atoms. The second-order valence-corrected chi connectivity index (χ2v) is 9.24. The molecule has 1 aliphatic heterocycles. The molecule has 0 saturated carbocycles. The molecule has 0 aliphatic carbocycles. The van der Waals surface area contributed by atoms with Gasteiger partial charge in [0, 0.05) is 30.6 Å². The normalized spacial score (nSPS) is 12.9. The first-order valence-corrected chi connectivity index (χ1v) is 10.2. The molecule has 2 nitrogen and oxygen atoms in total.